The number of pyridine rings is 1. The normalized spacial score (nSPS) is 20.0. The summed E-state index contributed by atoms with van der Waals surface area (Å²) in [6.45, 7) is 8.20. The Bertz CT molecular complexity index is 668. The fourth-order valence-electron chi connectivity index (χ4n) is 2.44. The van der Waals surface area contributed by atoms with Crippen molar-refractivity contribution in [2.45, 2.75) is 38.9 Å². The molecule has 0 saturated carbocycles. The van der Waals surface area contributed by atoms with Gasteiger partial charge in [-0.25, -0.2) is 0 Å². The first-order chi connectivity index (χ1) is 9.84. The number of nitrogens with zero attached hydrogens (tertiary/aromatic N) is 1. The molecule has 1 aliphatic rings. The van der Waals surface area contributed by atoms with E-state index in [-0.39, 0.29) is 18.3 Å². The van der Waals surface area contributed by atoms with Gasteiger partial charge in [0, 0.05) is 11.6 Å². The van der Waals surface area contributed by atoms with E-state index in [1.54, 1.807) is 13.3 Å². The summed E-state index contributed by atoms with van der Waals surface area (Å²) in [7, 11) is 1.30. The van der Waals surface area contributed by atoms with Crippen LogP contribution in [-0.4, -0.2) is 30.4 Å². The second kappa shape index (κ2) is 4.72. The number of hydrogen-bond acceptors (Lipinski definition) is 4. The first-order valence-corrected chi connectivity index (χ1v) is 7.12. The minimum atomic E-state index is -0.368. The Morgan fingerprint density at radius 3 is 2.33 bits per heavy atom. The Kier molecular flexibility index (Phi) is 3.22. The molecule has 0 spiro atoms. The summed E-state index contributed by atoms with van der Waals surface area (Å²) in [5.41, 5.74) is 1.17. The molecule has 0 amide bonds. The SMILES string of the molecule is COc1ccnc2cc(B3OC(C)(C)C(C)(C)O3)ccc12. The standard InChI is InChI=1S/C16H20BNO3/c1-15(2)16(3,4)21-17(20-15)11-6-7-12-13(10-11)18-9-8-14(12)19-5/h6-10H,1-5H3. The predicted molar refractivity (Wildman–Crippen MR) is 84.0 cm³/mol. The number of ether oxygens (including phenoxy) is 1. The zero-order chi connectivity index (χ0) is 15.3. The van der Waals surface area contributed by atoms with Crippen molar-refractivity contribution in [2.75, 3.05) is 7.11 Å². The van der Waals surface area contributed by atoms with Gasteiger partial charge in [0.1, 0.15) is 5.75 Å². The molecule has 110 valence electrons. The van der Waals surface area contributed by atoms with Crippen molar-refractivity contribution in [3.05, 3.63) is 30.5 Å². The minimum Gasteiger partial charge on any atom is -0.496 e. The quantitative estimate of drug-likeness (QED) is 0.795. The van der Waals surface area contributed by atoms with Gasteiger partial charge in [-0.05, 0) is 51.4 Å². The van der Waals surface area contributed by atoms with Gasteiger partial charge in [-0.1, -0.05) is 6.07 Å². The van der Waals surface area contributed by atoms with Crippen molar-refractivity contribution in [3.63, 3.8) is 0 Å². The Balaban J connectivity index is 2.00. The van der Waals surface area contributed by atoms with Crippen molar-refractivity contribution < 1.29 is 14.0 Å². The third kappa shape index (κ3) is 2.30. The lowest BCUT2D eigenvalue weighted by Gasteiger charge is -2.32. The average Bonchev–Trinajstić information content (AvgIpc) is 2.66. The van der Waals surface area contributed by atoms with Crippen LogP contribution in [0.4, 0.5) is 0 Å². The van der Waals surface area contributed by atoms with Crippen LogP contribution in [0.25, 0.3) is 10.9 Å². The highest BCUT2D eigenvalue weighted by Gasteiger charge is 2.51. The second-order valence-electron chi connectivity index (χ2n) is 6.38. The summed E-state index contributed by atoms with van der Waals surface area (Å²) in [6, 6.07) is 7.87. The summed E-state index contributed by atoms with van der Waals surface area (Å²) >= 11 is 0. The van der Waals surface area contributed by atoms with Gasteiger partial charge in [-0.2, -0.15) is 0 Å². The molecule has 0 bridgehead atoms. The van der Waals surface area contributed by atoms with Crippen LogP contribution in [0.1, 0.15) is 27.7 Å². The first-order valence-electron chi connectivity index (χ1n) is 7.12. The molecule has 1 aromatic heterocycles. The molecule has 2 aromatic rings. The van der Waals surface area contributed by atoms with E-state index in [1.165, 1.54) is 0 Å². The predicted octanol–water partition coefficient (Wildman–Crippen LogP) is 2.54. The summed E-state index contributed by atoms with van der Waals surface area (Å²) in [5.74, 6) is 0.820. The van der Waals surface area contributed by atoms with Crippen LogP contribution < -0.4 is 10.2 Å². The van der Waals surface area contributed by atoms with Crippen LogP contribution in [0, 0.1) is 0 Å². The molecule has 0 aliphatic carbocycles. The van der Waals surface area contributed by atoms with Gasteiger partial charge in [0.15, 0.2) is 0 Å². The highest BCUT2D eigenvalue weighted by Crippen LogP contribution is 2.36. The van der Waals surface area contributed by atoms with Gasteiger partial charge >= 0.3 is 7.12 Å². The Morgan fingerprint density at radius 1 is 1.05 bits per heavy atom. The largest absolute Gasteiger partial charge is 0.496 e. The number of aromatic nitrogens is 1. The fraction of sp³-hybridized carbons (Fsp3) is 0.438. The van der Waals surface area contributed by atoms with Crippen molar-refractivity contribution in [1.82, 2.24) is 4.98 Å². The van der Waals surface area contributed by atoms with Crippen LogP contribution >= 0.6 is 0 Å². The maximum absolute atomic E-state index is 6.07. The molecule has 1 aromatic carbocycles. The zero-order valence-electron chi connectivity index (χ0n) is 13.1. The molecule has 21 heavy (non-hydrogen) atoms. The molecule has 0 unspecified atom stereocenters. The van der Waals surface area contributed by atoms with Gasteiger partial charge in [0.05, 0.1) is 23.8 Å². The first kappa shape index (κ1) is 14.4. The van der Waals surface area contributed by atoms with Crippen LogP contribution in [0.15, 0.2) is 30.5 Å². The molecule has 3 rings (SSSR count). The summed E-state index contributed by atoms with van der Waals surface area (Å²) in [4.78, 5) is 4.40. The minimum absolute atomic E-state index is 0.339. The van der Waals surface area contributed by atoms with E-state index in [0.29, 0.717) is 0 Å². The summed E-state index contributed by atoms with van der Waals surface area (Å²) in [6.07, 6.45) is 1.75. The van der Waals surface area contributed by atoms with E-state index in [1.807, 2.05) is 24.3 Å². The summed E-state index contributed by atoms with van der Waals surface area (Å²) < 4.78 is 17.5. The third-order valence-electron chi connectivity index (χ3n) is 4.47. The van der Waals surface area contributed by atoms with E-state index in [0.717, 1.165) is 22.1 Å². The zero-order valence-corrected chi connectivity index (χ0v) is 13.1. The van der Waals surface area contributed by atoms with E-state index in [9.17, 15) is 0 Å². The Labute approximate surface area is 125 Å². The van der Waals surface area contributed by atoms with Crippen LogP contribution in [0.5, 0.6) is 5.75 Å². The Hall–Kier alpha value is -1.59. The molecule has 1 aliphatic heterocycles. The summed E-state index contributed by atoms with van der Waals surface area (Å²) in [5, 5.41) is 0.986. The smallest absolute Gasteiger partial charge is 0.494 e. The van der Waals surface area contributed by atoms with Gasteiger partial charge in [-0.3, -0.25) is 4.98 Å². The molecule has 0 atom stereocenters. The molecule has 2 heterocycles. The maximum atomic E-state index is 6.07. The molecular formula is C16H20BNO3. The van der Waals surface area contributed by atoms with Gasteiger partial charge in [0.2, 0.25) is 0 Å². The topological polar surface area (TPSA) is 40.6 Å². The average molecular weight is 285 g/mol. The van der Waals surface area contributed by atoms with Crippen LogP contribution in [0.3, 0.4) is 0 Å². The lowest BCUT2D eigenvalue weighted by atomic mass is 9.78. The molecule has 1 saturated heterocycles. The molecule has 5 heteroatoms. The number of methoxy groups -OCH3 is 1. The number of rotatable bonds is 2. The van der Waals surface area contributed by atoms with E-state index in [4.69, 9.17) is 14.0 Å². The van der Waals surface area contributed by atoms with Crippen LogP contribution in [-0.2, 0) is 9.31 Å². The number of fused-ring (bicyclic) bond motifs is 1. The third-order valence-corrected chi connectivity index (χ3v) is 4.47. The highest BCUT2D eigenvalue weighted by molar-refractivity contribution is 6.62. The molecule has 0 radical (unpaired) electrons. The Morgan fingerprint density at radius 2 is 1.71 bits per heavy atom. The fourth-order valence-corrected chi connectivity index (χ4v) is 2.44. The lowest BCUT2D eigenvalue weighted by molar-refractivity contribution is 0.00578. The molecule has 1 fully saturated rings. The lowest BCUT2D eigenvalue weighted by Crippen LogP contribution is -2.41. The number of benzene rings is 1. The molecular weight excluding hydrogens is 265 g/mol. The second-order valence-corrected chi connectivity index (χ2v) is 6.38. The van der Waals surface area contributed by atoms with Gasteiger partial charge < -0.3 is 14.0 Å². The maximum Gasteiger partial charge on any atom is 0.494 e. The van der Waals surface area contributed by atoms with Crippen molar-refractivity contribution in [1.29, 1.82) is 0 Å². The van der Waals surface area contributed by atoms with Gasteiger partial charge in [0.25, 0.3) is 0 Å². The van der Waals surface area contributed by atoms with E-state index in [2.05, 4.69) is 32.7 Å². The van der Waals surface area contributed by atoms with E-state index >= 15 is 0 Å². The van der Waals surface area contributed by atoms with Gasteiger partial charge in [-0.15, -0.1) is 0 Å². The molecule has 0 N–H and O–H groups in total. The van der Waals surface area contributed by atoms with Crippen LogP contribution in [0.2, 0.25) is 0 Å². The van der Waals surface area contributed by atoms with Crippen molar-refractivity contribution in [2.24, 2.45) is 0 Å². The highest BCUT2D eigenvalue weighted by atomic mass is 16.7. The monoisotopic (exact) mass is 285 g/mol. The molecule has 4 nitrogen and oxygen atoms in total. The van der Waals surface area contributed by atoms with Crippen molar-refractivity contribution in [3.8, 4) is 5.75 Å². The number of hydrogen-bond donors (Lipinski definition) is 0. The van der Waals surface area contributed by atoms with E-state index < -0.39 is 0 Å². The van der Waals surface area contributed by atoms with Crippen molar-refractivity contribution >= 4 is 23.5 Å².